The first kappa shape index (κ1) is 16.1. The van der Waals surface area contributed by atoms with Gasteiger partial charge in [-0.3, -0.25) is 4.79 Å². The van der Waals surface area contributed by atoms with Gasteiger partial charge in [0.05, 0.1) is 18.7 Å². The lowest BCUT2D eigenvalue weighted by Crippen LogP contribution is -2.35. The molecule has 2 atom stereocenters. The Morgan fingerprint density at radius 3 is 3.04 bits per heavy atom. The number of aryl methyl sites for hydroxylation is 2. The van der Waals surface area contributed by atoms with E-state index in [0.29, 0.717) is 42.2 Å². The number of carbonyl (C=O) groups is 1. The van der Waals surface area contributed by atoms with Gasteiger partial charge in [0.1, 0.15) is 5.56 Å². The van der Waals surface area contributed by atoms with Gasteiger partial charge in [0.15, 0.2) is 0 Å². The van der Waals surface area contributed by atoms with Crippen LogP contribution in [0.15, 0.2) is 10.6 Å². The largest absolute Gasteiger partial charge is 0.481 e. The molecule has 0 aromatic carbocycles. The molecule has 2 aromatic heterocycles. The Labute approximate surface area is 146 Å². The molecule has 3 heterocycles. The van der Waals surface area contributed by atoms with Crippen LogP contribution in [0.3, 0.4) is 0 Å². The fourth-order valence-electron chi connectivity index (χ4n) is 4.38. The third-order valence-corrected chi connectivity index (χ3v) is 5.66. The molecule has 25 heavy (non-hydrogen) atoms. The second-order valence-corrected chi connectivity index (χ2v) is 6.98. The maximum Gasteiger partial charge on any atom is 0.261 e. The van der Waals surface area contributed by atoms with Gasteiger partial charge in [-0.2, -0.15) is 5.10 Å². The molecule has 1 amide bonds. The second-order valence-electron chi connectivity index (χ2n) is 6.98. The summed E-state index contributed by atoms with van der Waals surface area (Å²) in [5.41, 5.74) is 0.297. The Kier molecular flexibility index (Phi) is 3.77. The first-order valence-corrected chi connectivity index (χ1v) is 8.77. The van der Waals surface area contributed by atoms with Gasteiger partial charge in [-0.25, -0.2) is 4.68 Å². The predicted molar refractivity (Wildman–Crippen MR) is 88.4 cm³/mol. The highest BCUT2D eigenvalue weighted by Gasteiger charge is 2.55. The molecular formula is C17H23N5O3. The van der Waals surface area contributed by atoms with Crippen molar-refractivity contribution < 1.29 is 13.9 Å². The van der Waals surface area contributed by atoms with Crippen molar-refractivity contribution in [3.63, 3.8) is 0 Å². The SMILES string of the molecule is CCc1nnc([C@]23CCC[C@H]2CN(C(=O)c2cnn(C)c2OC)C3)o1. The Morgan fingerprint density at radius 1 is 1.48 bits per heavy atom. The van der Waals surface area contributed by atoms with E-state index in [9.17, 15) is 4.79 Å². The van der Waals surface area contributed by atoms with E-state index in [-0.39, 0.29) is 11.3 Å². The third-order valence-electron chi connectivity index (χ3n) is 5.66. The summed E-state index contributed by atoms with van der Waals surface area (Å²) < 4.78 is 12.8. The molecule has 134 valence electrons. The highest BCUT2D eigenvalue weighted by atomic mass is 16.5. The highest BCUT2D eigenvalue weighted by molar-refractivity contribution is 5.96. The molecule has 0 unspecified atom stereocenters. The number of hydrogen-bond donors (Lipinski definition) is 0. The number of carbonyl (C=O) groups excluding carboxylic acids is 1. The molecule has 1 aliphatic carbocycles. The van der Waals surface area contributed by atoms with Crippen molar-refractivity contribution in [2.75, 3.05) is 20.2 Å². The Morgan fingerprint density at radius 2 is 2.32 bits per heavy atom. The summed E-state index contributed by atoms with van der Waals surface area (Å²) in [5.74, 6) is 2.16. The smallest absolute Gasteiger partial charge is 0.261 e. The average molecular weight is 345 g/mol. The Hall–Kier alpha value is -2.38. The topological polar surface area (TPSA) is 86.3 Å². The number of amides is 1. The minimum absolute atomic E-state index is 0.0473. The van der Waals surface area contributed by atoms with Crippen LogP contribution in [0.1, 0.15) is 48.3 Å². The van der Waals surface area contributed by atoms with Crippen LogP contribution in [-0.4, -0.2) is 51.0 Å². The van der Waals surface area contributed by atoms with Gasteiger partial charge in [0.25, 0.3) is 5.91 Å². The molecule has 4 rings (SSSR count). The Balaban J connectivity index is 1.63. The standard InChI is InChI=1S/C17H23N5O3/c1-4-13-19-20-16(25-13)17-7-5-6-11(17)9-22(10-17)14(23)12-8-18-21(2)15(12)24-3/h8,11H,4-7,9-10H2,1-3H3/t11-,17-/m0/s1. The molecule has 8 nitrogen and oxygen atoms in total. The van der Waals surface area contributed by atoms with Crippen LogP contribution in [-0.2, 0) is 18.9 Å². The highest BCUT2D eigenvalue weighted by Crippen LogP contribution is 2.50. The van der Waals surface area contributed by atoms with Crippen molar-refractivity contribution in [2.24, 2.45) is 13.0 Å². The maximum atomic E-state index is 13.0. The minimum Gasteiger partial charge on any atom is -0.481 e. The molecule has 1 aliphatic heterocycles. The maximum absolute atomic E-state index is 13.0. The van der Waals surface area contributed by atoms with Crippen molar-refractivity contribution >= 4 is 5.91 Å². The van der Waals surface area contributed by atoms with Crippen molar-refractivity contribution in [3.05, 3.63) is 23.5 Å². The number of rotatable bonds is 4. The normalized spacial score (nSPS) is 25.4. The number of likely N-dealkylation sites (tertiary alicyclic amines) is 1. The predicted octanol–water partition coefficient (Wildman–Crippen LogP) is 1.57. The first-order chi connectivity index (χ1) is 12.1. The molecular weight excluding hydrogens is 322 g/mol. The summed E-state index contributed by atoms with van der Waals surface area (Å²) in [6.07, 6.45) is 5.49. The van der Waals surface area contributed by atoms with Gasteiger partial charge < -0.3 is 14.1 Å². The quantitative estimate of drug-likeness (QED) is 0.836. The lowest BCUT2D eigenvalue weighted by Gasteiger charge is -2.24. The van der Waals surface area contributed by atoms with Crippen LogP contribution in [0, 0.1) is 5.92 Å². The fourth-order valence-corrected chi connectivity index (χ4v) is 4.38. The molecule has 0 bridgehead atoms. The zero-order valence-electron chi connectivity index (χ0n) is 14.9. The summed E-state index contributed by atoms with van der Waals surface area (Å²) in [6, 6.07) is 0. The van der Waals surface area contributed by atoms with Gasteiger partial charge in [0.2, 0.25) is 17.7 Å². The average Bonchev–Trinajstić information content (AvgIpc) is 3.35. The number of fused-ring (bicyclic) bond motifs is 1. The Bertz CT molecular complexity index is 798. The number of nitrogens with zero attached hydrogens (tertiary/aromatic N) is 5. The van der Waals surface area contributed by atoms with Crippen LogP contribution in [0.2, 0.25) is 0 Å². The third kappa shape index (κ3) is 2.34. The van der Waals surface area contributed by atoms with Gasteiger partial charge in [-0.05, 0) is 18.8 Å². The molecule has 2 aliphatic rings. The molecule has 1 saturated heterocycles. The summed E-state index contributed by atoms with van der Waals surface area (Å²) in [5, 5.41) is 12.6. The van der Waals surface area contributed by atoms with Gasteiger partial charge in [-0.1, -0.05) is 13.3 Å². The summed E-state index contributed by atoms with van der Waals surface area (Å²) in [6.45, 7) is 3.32. The summed E-state index contributed by atoms with van der Waals surface area (Å²) in [7, 11) is 3.32. The minimum atomic E-state index is -0.203. The van der Waals surface area contributed by atoms with Crippen LogP contribution in [0.4, 0.5) is 0 Å². The number of methoxy groups -OCH3 is 1. The van der Waals surface area contributed by atoms with E-state index >= 15 is 0 Å². The second kappa shape index (κ2) is 5.86. The van der Waals surface area contributed by atoms with Crippen molar-refractivity contribution in [1.29, 1.82) is 0 Å². The van der Waals surface area contributed by atoms with Gasteiger partial charge in [-0.15, -0.1) is 10.2 Å². The van der Waals surface area contributed by atoms with E-state index in [1.54, 1.807) is 25.0 Å². The van der Waals surface area contributed by atoms with E-state index in [1.807, 2.05) is 11.8 Å². The monoisotopic (exact) mass is 345 g/mol. The molecule has 0 spiro atoms. The van der Waals surface area contributed by atoms with Crippen LogP contribution < -0.4 is 4.74 Å². The molecule has 8 heteroatoms. The van der Waals surface area contributed by atoms with Crippen LogP contribution in [0.5, 0.6) is 5.88 Å². The van der Waals surface area contributed by atoms with E-state index in [4.69, 9.17) is 9.15 Å². The van der Waals surface area contributed by atoms with E-state index in [2.05, 4.69) is 15.3 Å². The van der Waals surface area contributed by atoms with E-state index < -0.39 is 0 Å². The van der Waals surface area contributed by atoms with Gasteiger partial charge in [0, 0.05) is 26.6 Å². The molecule has 2 fully saturated rings. The lowest BCUT2D eigenvalue weighted by molar-refractivity contribution is 0.0772. The fraction of sp³-hybridized carbons (Fsp3) is 0.647. The molecule has 0 N–H and O–H groups in total. The van der Waals surface area contributed by atoms with Crippen molar-refractivity contribution in [1.82, 2.24) is 24.9 Å². The van der Waals surface area contributed by atoms with E-state index in [0.717, 1.165) is 25.7 Å². The number of ether oxygens (including phenoxy) is 1. The number of aromatic nitrogens is 4. The van der Waals surface area contributed by atoms with Gasteiger partial charge >= 0.3 is 0 Å². The zero-order chi connectivity index (χ0) is 17.6. The van der Waals surface area contributed by atoms with Crippen LogP contribution >= 0.6 is 0 Å². The molecule has 2 aromatic rings. The molecule has 0 radical (unpaired) electrons. The lowest BCUT2D eigenvalue weighted by atomic mass is 9.80. The zero-order valence-corrected chi connectivity index (χ0v) is 14.9. The first-order valence-electron chi connectivity index (χ1n) is 8.77. The van der Waals surface area contributed by atoms with E-state index in [1.165, 1.54) is 0 Å². The van der Waals surface area contributed by atoms with Crippen molar-refractivity contribution in [3.8, 4) is 5.88 Å². The molecule has 1 saturated carbocycles. The summed E-state index contributed by atoms with van der Waals surface area (Å²) >= 11 is 0. The van der Waals surface area contributed by atoms with Crippen LogP contribution in [0.25, 0.3) is 0 Å². The summed E-state index contributed by atoms with van der Waals surface area (Å²) in [4.78, 5) is 14.9. The number of hydrogen-bond acceptors (Lipinski definition) is 6. The van der Waals surface area contributed by atoms with Crippen molar-refractivity contribution in [2.45, 2.75) is 38.0 Å².